The number of rotatable bonds is 2. The summed E-state index contributed by atoms with van der Waals surface area (Å²) in [4.78, 5) is 12.5. The summed E-state index contributed by atoms with van der Waals surface area (Å²) in [7, 11) is 1.71. The molecular weight excluding hydrogens is 226 g/mol. The molecule has 0 aliphatic rings. The van der Waals surface area contributed by atoms with Gasteiger partial charge in [0, 0.05) is 18.3 Å². The Balaban J connectivity index is 2.60. The maximum absolute atomic E-state index is 5.91. The van der Waals surface area contributed by atoms with E-state index in [0.29, 0.717) is 11.5 Å². The van der Waals surface area contributed by atoms with E-state index in [1.54, 1.807) is 7.05 Å². The minimum Gasteiger partial charge on any atom is -0.399 e. The molecule has 1 aromatic heterocycles. The molecule has 2 rings (SSSR count). The first-order chi connectivity index (χ1) is 8.63. The first-order valence-corrected chi connectivity index (χ1v) is 5.53. The van der Waals surface area contributed by atoms with Crippen LogP contribution >= 0.6 is 0 Å². The van der Waals surface area contributed by atoms with Crippen LogP contribution in [-0.4, -0.2) is 22.7 Å². The average molecular weight is 241 g/mol. The SMILES string of the molecule is CN=C(c1cccc(N)c1)c1c(C)ncnc1N. The van der Waals surface area contributed by atoms with Crippen molar-refractivity contribution in [2.75, 3.05) is 18.5 Å². The Hall–Kier alpha value is -2.43. The highest BCUT2D eigenvalue weighted by molar-refractivity contribution is 6.16. The quantitative estimate of drug-likeness (QED) is 0.614. The molecule has 0 aliphatic heterocycles. The zero-order chi connectivity index (χ0) is 13.1. The average Bonchev–Trinajstić information content (AvgIpc) is 2.34. The fourth-order valence-electron chi connectivity index (χ4n) is 1.86. The lowest BCUT2D eigenvalue weighted by Gasteiger charge is -2.11. The Morgan fingerprint density at radius 1 is 1.22 bits per heavy atom. The van der Waals surface area contributed by atoms with Crippen molar-refractivity contribution in [2.45, 2.75) is 6.92 Å². The minimum atomic E-state index is 0.422. The van der Waals surface area contributed by atoms with Gasteiger partial charge >= 0.3 is 0 Å². The van der Waals surface area contributed by atoms with Gasteiger partial charge in [-0.05, 0) is 19.1 Å². The van der Waals surface area contributed by atoms with E-state index in [0.717, 1.165) is 22.5 Å². The summed E-state index contributed by atoms with van der Waals surface area (Å²) in [6.07, 6.45) is 1.45. The van der Waals surface area contributed by atoms with E-state index in [9.17, 15) is 0 Å². The van der Waals surface area contributed by atoms with E-state index in [1.807, 2.05) is 31.2 Å². The molecule has 5 nitrogen and oxygen atoms in total. The number of aromatic nitrogens is 2. The normalized spacial score (nSPS) is 11.6. The molecule has 2 aromatic rings. The van der Waals surface area contributed by atoms with E-state index < -0.39 is 0 Å². The van der Waals surface area contributed by atoms with Gasteiger partial charge in [0.1, 0.15) is 12.1 Å². The van der Waals surface area contributed by atoms with Crippen molar-refractivity contribution >= 4 is 17.2 Å². The molecule has 92 valence electrons. The van der Waals surface area contributed by atoms with E-state index >= 15 is 0 Å². The fourth-order valence-corrected chi connectivity index (χ4v) is 1.86. The Labute approximate surface area is 106 Å². The Bertz CT molecular complexity index is 584. The van der Waals surface area contributed by atoms with Gasteiger partial charge < -0.3 is 11.5 Å². The summed E-state index contributed by atoms with van der Waals surface area (Å²) in [6.45, 7) is 1.88. The molecule has 4 N–H and O–H groups in total. The summed E-state index contributed by atoms with van der Waals surface area (Å²) in [6, 6.07) is 7.50. The van der Waals surface area contributed by atoms with Crippen molar-refractivity contribution in [1.82, 2.24) is 9.97 Å². The van der Waals surface area contributed by atoms with Gasteiger partial charge in [0.25, 0.3) is 0 Å². The van der Waals surface area contributed by atoms with Crippen LogP contribution in [0.1, 0.15) is 16.8 Å². The van der Waals surface area contributed by atoms with Gasteiger partial charge in [-0.1, -0.05) is 12.1 Å². The molecule has 0 aliphatic carbocycles. The fraction of sp³-hybridized carbons (Fsp3) is 0.154. The number of anilines is 2. The number of hydrogen-bond acceptors (Lipinski definition) is 5. The molecule has 0 fully saturated rings. The minimum absolute atomic E-state index is 0.422. The van der Waals surface area contributed by atoms with Crippen molar-refractivity contribution < 1.29 is 0 Å². The smallest absolute Gasteiger partial charge is 0.136 e. The molecular formula is C13H15N5. The van der Waals surface area contributed by atoms with Gasteiger partial charge in [-0.3, -0.25) is 4.99 Å². The standard InChI is InChI=1S/C13H15N5/c1-8-11(13(15)18-7-17-8)12(16-2)9-4-3-5-10(14)6-9/h3-7H,14H2,1-2H3,(H2,15,17,18). The first-order valence-electron chi connectivity index (χ1n) is 5.53. The maximum Gasteiger partial charge on any atom is 0.136 e. The van der Waals surface area contributed by atoms with Crippen LogP contribution in [0.4, 0.5) is 11.5 Å². The molecule has 0 spiro atoms. The third-order valence-electron chi connectivity index (χ3n) is 2.69. The highest BCUT2D eigenvalue weighted by atomic mass is 14.9. The van der Waals surface area contributed by atoms with Crippen LogP contribution in [-0.2, 0) is 0 Å². The lowest BCUT2D eigenvalue weighted by atomic mass is 10.0. The lowest BCUT2D eigenvalue weighted by molar-refractivity contribution is 1.10. The molecule has 0 amide bonds. The van der Waals surface area contributed by atoms with Crippen LogP contribution in [0.2, 0.25) is 0 Å². The Kier molecular flexibility index (Phi) is 3.23. The van der Waals surface area contributed by atoms with Crippen molar-refractivity contribution in [1.29, 1.82) is 0 Å². The lowest BCUT2D eigenvalue weighted by Crippen LogP contribution is -2.12. The second kappa shape index (κ2) is 4.83. The number of nitrogens with two attached hydrogens (primary N) is 2. The van der Waals surface area contributed by atoms with Crippen LogP contribution < -0.4 is 11.5 Å². The third kappa shape index (κ3) is 2.15. The number of aryl methyl sites for hydroxylation is 1. The predicted molar refractivity (Wildman–Crippen MR) is 73.6 cm³/mol. The summed E-state index contributed by atoms with van der Waals surface area (Å²) < 4.78 is 0. The van der Waals surface area contributed by atoms with Gasteiger partial charge in [0.15, 0.2) is 0 Å². The van der Waals surface area contributed by atoms with Crippen molar-refractivity contribution in [3.05, 3.63) is 47.4 Å². The molecule has 1 heterocycles. The number of nitrogens with zero attached hydrogens (tertiary/aromatic N) is 3. The number of nitrogen functional groups attached to an aromatic ring is 2. The zero-order valence-electron chi connectivity index (χ0n) is 10.4. The molecule has 0 radical (unpaired) electrons. The summed E-state index contributed by atoms with van der Waals surface area (Å²) >= 11 is 0. The zero-order valence-corrected chi connectivity index (χ0v) is 10.4. The third-order valence-corrected chi connectivity index (χ3v) is 2.69. The van der Waals surface area contributed by atoms with Crippen LogP contribution in [0.3, 0.4) is 0 Å². The molecule has 0 saturated heterocycles. The number of aliphatic imine (C=N–C) groups is 1. The molecule has 5 heteroatoms. The molecule has 1 aromatic carbocycles. The Morgan fingerprint density at radius 3 is 2.61 bits per heavy atom. The predicted octanol–water partition coefficient (Wildman–Crippen LogP) is 1.42. The van der Waals surface area contributed by atoms with E-state index in [1.165, 1.54) is 6.33 Å². The van der Waals surface area contributed by atoms with E-state index in [2.05, 4.69) is 15.0 Å². The van der Waals surface area contributed by atoms with Crippen molar-refractivity contribution in [3.8, 4) is 0 Å². The second-order valence-electron chi connectivity index (χ2n) is 3.92. The summed E-state index contributed by atoms with van der Waals surface area (Å²) in [5.74, 6) is 0.422. The molecule has 0 saturated carbocycles. The van der Waals surface area contributed by atoms with Gasteiger partial charge in [0.05, 0.1) is 17.0 Å². The van der Waals surface area contributed by atoms with Crippen LogP contribution in [0.5, 0.6) is 0 Å². The molecule has 0 bridgehead atoms. The van der Waals surface area contributed by atoms with Gasteiger partial charge in [-0.15, -0.1) is 0 Å². The van der Waals surface area contributed by atoms with Crippen LogP contribution in [0, 0.1) is 6.92 Å². The highest BCUT2D eigenvalue weighted by Gasteiger charge is 2.14. The van der Waals surface area contributed by atoms with E-state index in [-0.39, 0.29) is 0 Å². The number of benzene rings is 1. The largest absolute Gasteiger partial charge is 0.399 e. The molecule has 0 atom stereocenters. The van der Waals surface area contributed by atoms with Gasteiger partial charge in [-0.2, -0.15) is 0 Å². The van der Waals surface area contributed by atoms with Crippen LogP contribution in [0.15, 0.2) is 35.6 Å². The molecule has 0 unspecified atom stereocenters. The first kappa shape index (κ1) is 12.0. The van der Waals surface area contributed by atoms with Crippen molar-refractivity contribution in [2.24, 2.45) is 4.99 Å². The second-order valence-corrected chi connectivity index (χ2v) is 3.92. The summed E-state index contributed by atoms with van der Waals surface area (Å²) in [5.41, 5.74) is 15.6. The van der Waals surface area contributed by atoms with Gasteiger partial charge in [0.2, 0.25) is 0 Å². The number of hydrogen-bond donors (Lipinski definition) is 2. The topological polar surface area (TPSA) is 90.2 Å². The highest BCUT2D eigenvalue weighted by Crippen LogP contribution is 2.19. The molecule has 18 heavy (non-hydrogen) atoms. The summed E-state index contributed by atoms with van der Waals surface area (Å²) in [5, 5.41) is 0. The maximum atomic E-state index is 5.91. The van der Waals surface area contributed by atoms with Crippen molar-refractivity contribution in [3.63, 3.8) is 0 Å². The monoisotopic (exact) mass is 241 g/mol. The van der Waals surface area contributed by atoms with Gasteiger partial charge in [-0.25, -0.2) is 9.97 Å². The van der Waals surface area contributed by atoms with E-state index in [4.69, 9.17) is 11.5 Å². The Morgan fingerprint density at radius 2 is 2.00 bits per heavy atom. The van der Waals surface area contributed by atoms with Crippen LogP contribution in [0.25, 0.3) is 0 Å².